The monoisotopic (exact) mass is 380 g/mol. The zero-order valence-corrected chi connectivity index (χ0v) is 16.2. The Morgan fingerprint density at radius 3 is 2.55 bits per heavy atom. The summed E-state index contributed by atoms with van der Waals surface area (Å²) in [4.78, 5) is 19.7. The number of hydrogen-bond acceptors (Lipinski definition) is 2. The average Bonchev–Trinajstić information content (AvgIpc) is 3.23. The van der Waals surface area contributed by atoms with E-state index in [1.165, 1.54) is 5.39 Å². The van der Waals surface area contributed by atoms with Crippen LogP contribution >= 0.6 is 0 Å². The van der Waals surface area contributed by atoms with E-state index in [-0.39, 0.29) is 5.97 Å². The largest absolute Gasteiger partial charge is 0.422 e. The fourth-order valence-corrected chi connectivity index (χ4v) is 4.07. The minimum atomic E-state index is -0.388. The van der Waals surface area contributed by atoms with Crippen LogP contribution in [-0.4, -0.2) is 15.9 Å². The van der Waals surface area contributed by atoms with Crippen molar-refractivity contribution in [1.82, 2.24) is 9.97 Å². The minimum absolute atomic E-state index is 0.388. The highest BCUT2D eigenvalue weighted by molar-refractivity contribution is 6.15. The Balaban J connectivity index is 1.62. The van der Waals surface area contributed by atoms with Crippen molar-refractivity contribution in [2.45, 2.75) is 13.8 Å². The second-order valence-electron chi connectivity index (χ2n) is 7.23. The molecule has 29 heavy (non-hydrogen) atoms. The quantitative estimate of drug-likeness (QED) is 0.410. The number of allylic oxidation sites excluding steroid dienone is 7. The first-order valence-electron chi connectivity index (χ1n) is 9.59. The van der Waals surface area contributed by atoms with Gasteiger partial charge in [0.05, 0.1) is 5.52 Å². The molecule has 1 aliphatic rings. The number of hydrogen-bond donors (Lipinski definition) is 2. The molecule has 0 aliphatic heterocycles. The zero-order valence-electron chi connectivity index (χ0n) is 16.2. The molecule has 0 bridgehead atoms. The van der Waals surface area contributed by atoms with E-state index in [2.05, 4.69) is 35.1 Å². The number of nitrogens with one attached hydrogen (secondary N) is 2. The summed E-state index contributed by atoms with van der Waals surface area (Å²) >= 11 is 0. The zero-order chi connectivity index (χ0) is 20.0. The van der Waals surface area contributed by atoms with Crippen LogP contribution < -0.4 is 0 Å². The second-order valence-corrected chi connectivity index (χ2v) is 7.23. The van der Waals surface area contributed by atoms with E-state index in [9.17, 15) is 4.79 Å². The number of aromatic nitrogens is 2. The summed E-state index contributed by atoms with van der Waals surface area (Å²) < 4.78 is 5.62. The van der Waals surface area contributed by atoms with Crippen LogP contribution in [0.5, 0.6) is 0 Å². The van der Waals surface area contributed by atoms with E-state index in [0.717, 1.165) is 38.4 Å². The molecule has 0 unspecified atom stereocenters. The Bertz CT molecular complexity index is 1410. The number of para-hydroxylation sites is 1. The SMILES string of the molecule is Cc1c(C(=O)OC2=CC=CC=CC=C2)[nH]c2cc3c([nH]c4ccccc43)c(C)c12. The molecule has 1 aliphatic carbocycles. The molecule has 0 saturated heterocycles. The molecular weight excluding hydrogens is 360 g/mol. The Morgan fingerprint density at radius 1 is 0.862 bits per heavy atom. The van der Waals surface area contributed by atoms with Crippen molar-refractivity contribution in [3.8, 4) is 0 Å². The molecule has 0 spiro atoms. The fraction of sp³-hybridized carbons (Fsp3) is 0.0800. The van der Waals surface area contributed by atoms with Crippen molar-refractivity contribution in [3.05, 3.63) is 95.4 Å². The number of fused-ring (bicyclic) bond motifs is 4. The molecule has 0 fully saturated rings. The van der Waals surface area contributed by atoms with Crippen LogP contribution in [0.25, 0.3) is 32.7 Å². The smallest absolute Gasteiger partial charge is 0.360 e. The Hall–Kier alpha value is -3.79. The third-order valence-corrected chi connectivity index (χ3v) is 5.44. The van der Waals surface area contributed by atoms with Gasteiger partial charge >= 0.3 is 5.97 Å². The van der Waals surface area contributed by atoms with E-state index >= 15 is 0 Å². The topological polar surface area (TPSA) is 57.9 Å². The number of carbonyl (C=O) groups excluding carboxylic acids is 1. The predicted octanol–water partition coefficient (Wildman–Crippen LogP) is 6.14. The van der Waals surface area contributed by atoms with Crippen molar-refractivity contribution < 1.29 is 9.53 Å². The van der Waals surface area contributed by atoms with Gasteiger partial charge in [0.1, 0.15) is 11.5 Å². The number of H-pyrrole nitrogens is 2. The Kier molecular flexibility index (Phi) is 3.98. The highest BCUT2D eigenvalue weighted by Gasteiger charge is 2.20. The van der Waals surface area contributed by atoms with Crippen molar-refractivity contribution in [2.24, 2.45) is 0 Å². The molecule has 4 heteroatoms. The maximum absolute atomic E-state index is 12.9. The van der Waals surface area contributed by atoms with Crippen molar-refractivity contribution in [1.29, 1.82) is 0 Å². The molecule has 0 radical (unpaired) electrons. The molecule has 5 rings (SSSR count). The number of ether oxygens (including phenoxy) is 1. The van der Waals surface area contributed by atoms with Gasteiger partial charge < -0.3 is 14.7 Å². The summed E-state index contributed by atoms with van der Waals surface area (Å²) in [6.45, 7) is 4.05. The molecule has 0 saturated carbocycles. The number of esters is 1. The van der Waals surface area contributed by atoms with Crippen LogP contribution in [0.4, 0.5) is 0 Å². The lowest BCUT2D eigenvalue weighted by atomic mass is 10.0. The molecular formula is C25H20N2O2. The molecule has 4 aromatic rings. The van der Waals surface area contributed by atoms with E-state index in [0.29, 0.717) is 11.5 Å². The van der Waals surface area contributed by atoms with Gasteiger partial charge in [-0.2, -0.15) is 0 Å². The van der Waals surface area contributed by atoms with Gasteiger partial charge in [0.15, 0.2) is 0 Å². The summed E-state index contributed by atoms with van der Waals surface area (Å²) in [7, 11) is 0. The van der Waals surface area contributed by atoms with Gasteiger partial charge in [-0.1, -0.05) is 48.6 Å². The van der Waals surface area contributed by atoms with Crippen LogP contribution in [0.2, 0.25) is 0 Å². The van der Waals surface area contributed by atoms with Crippen molar-refractivity contribution >= 4 is 38.7 Å². The van der Waals surface area contributed by atoms with Crippen LogP contribution in [0.3, 0.4) is 0 Å². The molecule has 142 valence electrons. The van der Waals surface area contributed by atoms with Gasteiger partial charge in [-0.15, -0.1) is 0 Å². The molecule has 2 aromatic heterocycles. The molecule has 2 aromatic carbocycles. The van der Waals surface area contributed by atoms with Crippen LogP contribution in [0, 0.1) is 13.8 Å². The normalized spacial score (nSPS) is 13.8. The molecule has 2 N–H and O–H groups in total. The molecule has 0 amide bonds. The van der Waals surface area contributed by atoms with Gasteiger partial charge in [-0.25, -0.2) is 4.79 Å². The van der Waals surface area contributed by atoms with E-state index in [1.807, 2.05) is 49.4 Å². The number of benzene rings is 2. The highest BCUT2D eigenvalue weighted by atomic mass is 16.5. The highest BCUT2D eigenvalue weighted by Crippen LogP contribution is 2.35. The third-order valence-electron chi connectivity index (χ3n) is 5.44. The molecule has 2 heterocycles. The maximum Gasteiger partial charge on any atom is 0.360 e. The van der Waals surface area contributed by atoms with Gasteiger partial charge in [-0.3, -0.25) is 0 Å². The fourth-order valence-electron chi connectivity index (χ4n) is 4.07. The first kappa shape index (κ1) is 17.3. The Labute approximate surface area is 167 Å². The minimum Gasteiger partial charge on any atom is -0.422 e. The third kappa shape index (κ3) is 2.81. The maximum atomic E-state index is 12.9. The summed E-state index contributed by atoms with van der Waals surface area (Å²) in [6, 6.07) is 10.4. The predicted molar refractivity (Wildman–Crippen MR) is 118 cm³/mol. The lowest BCUT2D eigenvalue weighted by Crippen LogP contribution is -2.06. The number of aromatic amines is 2. The lowest BCUT2D eigenvalue weighted by Gasteiger charge is -2.05. The average molecular weight is 380 g/mol. The Morgan fingerprint density at radius 2 is 1.66 bits per heavy atom. The summed E-state index contributed by atoms with van der Waals surface area (Å²) in [5.74, 6) is 0.115. The number of rotatable bonds is 2. The van der Waals surface area contributed by atoms with Crippen molar-refractivity contribution in [3.63, 3.8) is 0 Å². The summed E-state index contributed by atoms with van der Waals surface area (Å²) in [5, 5.41) is 3.38. The van der Waals surface area contributed by atoms with Gasteiger partial charge in [0, 0.05) is 27.2 Å². The van der Waals surface area contributed by atoms with Gasteiger partial charge in [0.25, 0.3) is 0 Å². The first-order chi connectivity index (χ1) is 14.1. The summed E-state index contributed by atoms with van der Waals surface area (Å²) in [5.41, 5.74) is 5.66. The van der Waals surface area contributed by atoms with Crippen molar-refractivity contribution in [2.75, 3.05) is 0 Å². The molecule has 0 atom stereocenters. The summed E-state index contributed by atoms with van der Waals surface area (Å²) in [6.07, 6.45) is 12.9. The standard InChI is InChI=1S/C25H20N2O2/c1-15-22-16(2)24(25(28)29-17-10-6-4-3-5-7-11-17)27-21(22)14-19-18-12-8-9-13-20(18)26-23(15)19/h3-14,26-27H,1-2H3. The van der Waals surface area contributed by atoms with Crippen LogP contribution in [0.15, 0.2) is 78.6 Å². The van der Waals surface area contributed by atoms with E-state index in [4.69, 9.17) is 4.74 Å². The number of aryl methyl sites for hydroxylation is 2. The first-order valence-corrected chi connectivity index (χ1v) is 9.59. The second kappa shape index (κ2) is 6.67. The van der Waals surface area contributed by atoms with Gasteiger partial charge in [0.2, 0.25) is 0 Å². The van der Waals surface area contributed by atoms with E-state index < -0.39 is 0 Å². The lowest BCUT2D eigenvalue weighted by molar-refractivity contribution is 0.0631. The van der Waals surface area contributed by atoms with E-state index in [1.54, 1.807) is 12.2 Å². The molecule has 4 nitrogen and oxygen atoms in total. The number of carbonyl (C=O) groups is 1. The van der Waals surface area contributed by atoms with Crippen LogP contribution in [0.1, 0.15) is 21.6 Å². The van der Waals surface area contributed by atoms with Gasteiger partial charge in [-0.05, 0) is 49.3 Å². The van der Waals surface area contributed by atoms with Crippen LogP contribution in [-0.2, 0) is 4.74 Å².